The number of esters is 2. The summed E-state index contributed by atoms with van der Waals surface area (Å²) >= 11 is 0. The predicted molar refractivity (Wildman–Crippen MR) is 238 cm³/mol. The van der Waals surface area contributed by atoms with E-state index in [4.69, 9.17) is 18.9 Å². The topological polar surface area (TPSA) is 186 Å². The van der Waals surface area contributed by atoms with Gasteiger partial charge in [-0.2, -0.15) is 8.42 Å². The summed E-state index contributed by atoms with van der Waals surface area (Å²) in [5, 5.41) is 30.9. The highest BCUT2D eigenvalue weighted by Gasteiger charge is 2.46. The fraction of sp³-hybridized carbons (Fsp3) is 0.830. The minimum absolute atomic E-state index is 0.154. The second-order valence-electron chi connectivity index (χ2n) is 16.4. The van der Waals surface area contributed by atoms with Gasteiger partial charge in [0.25, 0.3) is 10.1 Å². The molecular weight excluding hydrogens is 789 g/mol. The SMILES string of the molecule is CCCCCC/C=C\C/C=C\CCCCCCCCCC(=O)OC(COC(=O)CCCCCCC/C=C\CCCCCCC)COC1OC(CS(=O)(=O)O)C(O)C(O)C1O. The van der Waals surface area contributed by atoms with Crippen molar-refractivity contribution in [3.05, 3.63) is 36.5 Å². The maximum atomic E-state index is 12.8. The summed E-state index contributed by atoms with van der Waals surface area (Å²) in [7, 11) is -4.60. The predicted octanol–water partition coefficient (Wildman–Crippen LogP) is 9.78. The highest BCUT2D eigenvalue weighted by Crippen LogP contribution is 2.24. The van der Waals surface area contributed by atoms with Crippen molar-refractivity contribution in [2.75, 3.05) is 19.0 Å². The second-order valence-corrected chi connectivity index (χ2v) is 17.9. The van der Waals surface area contributed by atoms with Gasteiger partial charge in [-0.05, 0) is 70.6 Å². The number of ether oxygens (including phenoxy) is 4. The molecule has 350 valence electrons. The van der Waals surface area contributed by atoms with Gasteiger partial charge in [0, 0.05) is 12.8 Å². The maximum Gasteiger partial charge on any atom is 0.306 e. The van der Waals surface area contributed by atoms with Crippen molar-refractivity contribution in [3.8, 4) is 0 Å². The highest BCUT2D eigenvalue weighted by molar-refractivity contribution is 7.85. The number of aliphatic hydroxyl groups is 3. The number of hydrogen-bond acceptors (Lipinski definition) is 11. The second kappa shape index (κ2) is 37.4. The first kappa shape index (κ1) is 55.9. The van der Waals surface area contributed by atoms with Crippen molar-refractivity contribution in [2.45, 2.75) is 230 Å². The highest BCUT2D eigenvalue weighted by atomic mass is 32.2. The summed E-state index contributed by atoms with van der Waals surface area (Å²) < 4.78 is 54.1. The van der Waals surface area contributed by atoms with Crippen LogP contribution in [0.2, 0.25) is 0 Å². The van der Waals surface area contributed by atoms with Crippen LogP contribution in [0.25, 0.3) is 0 Å². The lowest BCUT2D eigenvalue weighted by atomic mass is 10.00. The molecule has 6 unspecified atom stereocenters. The number of allylic oxidation sites excluding steroid dienone is 6. The Morgan fingerprint density at radius 1 is 0.567 bits per heavy atom. The molecule has 1 aliphatic heterocycles. The molecule has 1 rings (SSSR count). The van der Waals surface area contributed by atoms with Crippen molar-refractivity contribution in [2.24, 2.45) is 0 Å². The zero-order chi connectivity index (χ0) is 44.1. The number of rotatable bonds is 39. The molecule has 0 saturated carbocycles. The summed E-state index contributed by atoms with van der Waals surface area (Å²) in [5.74, 6) is -2.00. The van der Waals surface area contributed by atoms with E-state index in [1.54, 1.807) is 0 Å². The molecule has 1 fully saturated rings. The molecule has 0 amide bonds. The molecule has 0 radical (unpaired) electrons. The molecule has 0 aromatic rings. The van der Waals surface area contributed by atoms with Gasteiger partial charge in [-0.15, -0.1) is 0 Å². The van der Waals surface area contributed by atoms with Crippen LogP contribution in [0, 0.1) is 0 Å². The first-order valence-electron chi connectivity index (χ1n) is 23.5. The summed E-state index contributed by atoms with van der Waals surface area (Å²) in [6.07, 6.45) is 33.2. The van der Waals surface area contributed by atoms with Crippen LogP contribution >= 0.6 is 0 Å². The van der Waals surface area contributed by atoms with Crippen LogP contribution in [0.3, 0.4) is 0 Å². The van der Waals surface area contributed by atoms with Crippen LogP contribution in [0.4, 0.5) is 0 Å². The quantitative estimate of drug-likeness (QED) is 0.0199. The smallest absolute Gasteiger partial charge is 0.306 e. The molecule has 0 aromatic heterocycles. The molecule has 6 atom stereocenters. The molecule has 0 aromatic carbocycles. The number of carbonyl (C=O) groups is 2. The van der Waals surface area contributed by atoms with Crippen LogP contribution < -0.4 is 0 Å². The molecular formula is C47H84O12S. The third-order valence-electron chi connectivity index (χ3n) is 10.7. The minimum Gasteiger partial charge on any atom is -0.462 e. The van der Waals surface area contributed by atoms with E-state index in [-0.39, 0.29) is 19.4 Å². The Kier molecular flexibility index (Phi) is 34.9. The van der Waals surface area contributed by atoms with E-state index in [1.165, 1.54) is 77.0 Å². The molecule has 13 heteroatoms. The van der Waals surface area contributed by atoms with Gasteiger partial charge in [-0.1, -0.05) is 147 Å². The Bertz CT molecular complexity index is 1250. The fourth-order valence-electron chi connectivity index (χ4n) is 7.00. The average molecular weight is 873 g/mol. The van der Waals surface area contributed by atoms with Crippen molar-refractivity contribution < 1.29 is 56.8 Å². The van der Waals surface area contributed by atoms with Crippen LogP contribution in [0.1, 0.15) is 194 Å². The molecule has 12 nitrogen and oxygen atoms in total. The number of carbonyl (C=O) groups excluding carboxylic acids is 2. The van der Waals surface area contributed by atoms with E-state index >= 15 is 0 Å². The third kappa shape index (κ3) is 31.7. The van der Waals surface area contributed by atoms with Gasteiger partial charge in [-0.3, -0.25) is 14.1 Å². The molecule has 1 aliphatic rings. The van der Waals surface area contributed by atoms with Gasteiger partial charge in [0.05, 0.1) is 6.61 Å². The van der Waals surface area contributed by atoms with E-state index in [1.807, 2.05) is 0 Å². The molecule has 4 N–H and O–H groups in total. The van der Waals surface area contributed by atoms with E-state index in [9.17, 15) is 37.9 Å². The van der Waals surface area contributed by atoms with Crippen LogP contribution in [-0.2, 0) is 38.7 Å². The summed E-state index contributed by atoms with van der Waals surface area (Å²) in [4.78, 5) is 25.4. The molecule has 1 heterocycles. The first-order valence-corrected chi connectivity index (χ1v) is 25.2. The van der Waals surface area contributed by atoms with E-state index in [2.05, 4.69) is 50.3 Å². The lowest BCUT2D eigenvalue weighted by Gasteiger charge is -2.40. The van der Waals surface area contributed by atoms with E-state index in [0.717, 1.165) is 77.0 Å². The molecule has 0 aliphatic carbocycles. The van der Waals surface area contributed by atoms with Crippen molar-refractivity contribution in [3.63, 3.8) is 0 Å². The lowest BCUT2D eigenvalue weighted by molar-refractivity contribution is -0.297. The summed E-state index contributed by atoms with van der Waals surface area (Å²) in [6, 6.07) is 0. The van der Waals surface area contributed by atoms with Crippen molar-refractivity contribution in [1.29, 1.82) is 0 Å². The maximum absolute atomic E-state index is 12.8. The Morgan fingerprint density at radius 3 is 1.50 bits per heavy atom. The summed E-state index contributed by atoms with van der Waals surface area (Å²) in [5.41, 5.74) is 0. The minimum atomic E-state index is -4.60. The van der Waals surface area contributed by atoms with Gasteiger partial charge in [0.1, 0.15) is 36.8 Å². The third-order valence-corrected chi connectivity index (χ3v) is 11.4. The van der Waals surface area contributed by atoms with Gasteiger partial charge in [-0.25, -0.2) is 0 Å². The number of hydrogen-bond donors (Lipinski definition) is 4. The van der Waals surface area contributed by atoms with Gasteiger partial charge >= 0.3 is 11.9 Å². The van der Waals surface area contributed by atoms with Gasteiger partial charge in [0.2, 0.25) is 0 Å². The van der Waals surface area contributed by atoms with Gasteiger partial charge in [0.15, 0.2) is 12.4 Å². The Morgan fingerprint density at radius 2 is 1.00 bits per heavy atom. The van der Waals surface area contributed by atoms with Crippen molar-refractivity contribution in [1.82, 2.24) is 0 Å². The molecule has 60 heavy (non-hydrogen) atoms. The van der Waals surface area contributed by atoms with Gasteiger partial charge < -0.3 is 34.3 Å². The van der Waals surface area contributed by atoms with E-state index in [0.29, 0.717) is 12.8 Å². The molecule has 0 spiro atoms. The van der Waals surface area contributed by atoms with Crippen LogP contribution in [0.15, 0.2) is 36.5 Å². The first-order chi connectivity index (χ1) is 29.0. The average Bonchev–Trinajstić information content (AvgIpc) is 3.21. The summed E-state index contributed by atoms with van der Waals surface area (Å²) in [6.45, 7) is 3.72. The number of aliphatic hydroxyl groups excluding tert-OH is 3. The fourth-order valence-corrected chi connectivity index (χ4v) is 7.69. The number of unbranched alkanes of at least 4 members (excludes halogenated alkanes) is 21. The van der Waals surface area contributed by atoms with Crippen LogP contribution in [0.5, 0.6) is 0 Å². The lowest BCUT2D eigenvalue weighted by Crippen LogP contribution is -2.60. The molecule has 0 bridgehead atoms. The van der Waals surface area contributed by atoms with Crippen molar-refractivity contribution >= 4 is 22.1 Å². The monoisotopic (exact) mass is 873 g/mol. The Balaban J connectivity index is 2.44. The molecule has 1 saturated heterocycles. The zero-order valence-corrected chi connectivity index (χ0v) is 38.1. The normalized spacial score (nSPS) is 20.4. The standard InChI is InChI=1S/C47H84O12S/c1-3-5-7-9-11-13-15-17-19-20-21-22-24-26-28-30-32-34-36-43(49)58-40(38-57-47-46(52)45(51)44(50)41(59-47)39-60(53,54)55)37-56-42(48)35-33-31-29-27-25-23-18-16-14-12-10-8-6-4-2/h13,15-16,18-20,40-41,44-47,50-52H,3-12,14,17,21-39H2,1-2H3,(H,53,54,55)/b15-13-,18-16-,20-19-. The van der Waals surface area contributed by atoms with Crippen LogP contribution in [-0.4, -0.2) is 96.0 Å². The zero-order valence-electron chi connectivity index (χ0n) is 37.3. The largest absolute Gasteiger partial charge is 0.462 e. The van der Waals surface area contributed by atoms with E-state index < -0.39 is 71.2 Å². The Labute approximate surface area is 363 Å². The Hall–Kier alpha value is -2.13.